The highest BCUT2D eigenvalue weighted by molar-refractivity contribution is 5.81. The van der Waals surface area contributed by atoms with Gasteiger partial charge in [0.1, 0.15) is 5.58 Å². The molecule has 1 heterocycles. The Morgan fingerprint density at radius 1 is 1.38 bits per heavy atom. The predicted molar refractivity (Wildman–Crippen MR) is 63.6 cm³/mol. The number of rotatable bonds is 4. The zero-order chi connectivity index (χ0) is 11.0. The summed E-state index contributed by atoms with van der Waals surface area (Å²) in [5.74, 6) is 6.48. The lowest BCUT2D eigenvalue weighted by atomic mass is 10.0. The smallest absolute Gasteiger partial charge is 0.134 e. The van der Waals surface area contributed by atoms with Gasteiger partial charge in [-0.05, 0) is 18.4 Å². The van der Waals surface area contributed by atoms with Crippen LogP contribution in [-0.2, 0) is 0 Å². The largest absolute Gasteiger partial charge is 0.464 e. The molecule has 0 radical (unpaired) electrons. The Morgan fingerprint density at radius 2 is 2.19 bits per heavy atom. The van der Waals surface area contributed by atoms with Crippen LogP contribution in [-0.4, -0.2) is 0 Å². The van der Waals surface area contributed by atoms with Crippen LogP contribution in [0, 0.1) is 5.92 Å². The summed E-state index contributed by atoms with van der Waals surface area (Å²) in [6.45, 7) is 0. The van der Waals surface area contributed by atoms with Crippen LogP contribution in [0.1, 0.15) is 30.9 Å². The molecule has 3 heteroatoms. The van der Waals surface area contributed by atoms with Crippen LogP contribution in [0.4, 0.5) is 0 Å². The van der Waals surface area contributed by atoms with Gasteiger partial charge in [-0.1, -0.05) is 31.0 Å². The number of benzene rings is 1. The summed E-state index contributed by atoms with van der Waals surface area (Å²) in [6.07, 6.45) is 5.62. The zero-order valence-electron chi connectivity index (χ0n) is 9.15. The molecule has 3 rings (SSSR count). The molecule has 1 aromatic heterocycles. The van der Waals surface area contributed by atoms with Crippen LogP contribution in [0.2, 0.25) is 0 Å². The lowest BCUT2D eigenvalue weighted by Gasteiger charge is -2.13. The third-order valence-corrected chi connectivity index (χ3v) is 3.35. The fourth-order valence-corrected chi connectivity index (χ4v) is 2.24. The Hall–Kier alpha value is -1.32. The molecule has 1 fully saturated rings. The van der Waals surface area contributed by atoms with Crippen molar-refractivity contribution in [3.63, 3.8) is 0 Å². The molecule has 1 aliphatic carbocycles. The number of para-hydroxylation sites is 1. The summed E-state index contributed by atoms with van der Waals surface area (Å²) < 4.78 is 5.54. The highest BCUT2D eigenvalue weighted by Crippen LogP contribution is 2.39. The first-order chi connectivity index (χ1) is 7.88. The summed E-state index contributed by atoms with van der Waals surface area (Å²) in [5, 5.41) is 1.17. The second kappa shape index (κ2) is 3.92. The van der Waals surface area contributed by atoms with Crippen LogP contribution >= 0.6 is 0 Å². The highest BCUT2D eigenvalue weighted by atomic mass is 16.3. The minimum Gasteiger partial charge on any atom is -0.464 e. The lowest BCUT2D eigenvalue weighted by molar-refractivity contribution is 0.481. The minimum atomic E-state index is 0.219. The molecule has 2 aromatic rings. The molecule has 3 nitrogen and oxygen atoms in total. The monoisotopic (exact) mass is 216 g/mol. The van der Waals surface area contributed by atoms with Gasteiger partial charge in [-0.3, -0.25) is 11.3 Å². The van der Waals surface area contributed by atoms with Crippen molar-refractivity contribution in [2.24, 2.45) is 11.8 Å². The van der Waals surface area contributed by atoms with Gasteiger partial charge in [0, 0.05) is 10.9 Å². The van der Waals surface area contributed by atoms with E-state index in [0.29, 0.717) is 0 Å². The number of hydrogen-bond acceptors (Lipinski definition) is 3. The summed E-state index contributed by atoms with van der Waals surface area (Å²) in [4.78, 5) is 0. The molecule has 0 spiro atoms. The molecule has 1 aromatic carbocycles. The molecule has 16 heavy (non-hydrogen) atoms. The van der Waals surface area contributed by atoms with Crippen LogP contribution in [0.25, 0.3) is 11.0 Å². The van der Waals surface area contributed by atoms with E-state index in [1.54, 1.807) is 0 Å². The average Bonchev–Trinajstić information content (AvgIpc) is 3.04. The molecule has 0 bridgehead atoms. The van der Waals surface area contributed by atoms with Crippen molar-refractivity contribution in [1.29, 1.82) is 0 Å². The van der Waals surface area contributed by atoms with Crippen molar-refractivity contribution < 1.29 is 4.42 Å². The van der Waals surface area contributed by atoms with Crippen molar-refractivity contribution >= 4 is 11.0 Å². The summed E-state index contributed by atoms with van der Waals surface area (Å²) in [5.41, 5.74) is 5.03. The van der Waals surface area contributed by atoms with Crippen molar-refractivity contribution in [3.05, 3.63) is 36.1 Å². The second-order valence-electron chi connectivity index (χ2n) is 4.59. The Bertz CT molecular complexity index is 487. The molecule has 1 aliphatic rings. The number of nitrogens with one attached hydrogen (secondary N) is 1. The second-order valence-corrected chi connectivity index (χ2v) is 4.59. The predicted octanol–water partition coefficient (Wildman–Crippen LogP) is 2.74. The molecule has 0 saturated heterocycles. The quantitative estimate of drug-likeness (QED) is 0.610. The molecule has 0 amide bonds. The molecular formula is C13H16N2O. The number of fused-ring (bicyclic) bond motifs is 1. The first-order valence-corrected chi connectivity index (χ1v) is 5.80. The van der Waals surface area contributed by atoms with E-state index < -0.39 is 0 Å². The Kier molecular flexibility index (Phi) is 2.42. The van der Waals surface area contributed by atoms with Crippen molar-refractivity contribution in [2.75, 3.05) is 0 Å². The van der Waals surface area contributed by atoms with Gasteiger partial charge in [0.15, 0.2) is 0 Å². The summed E-state index contributed by atoms with van der Waals surface area (Å²) in [6, 6.07) is 8.32. The van der Waals surface area contributed by atoms with Gasteiger partial charge in [-0.25, -0.2) is 0 Å². The van der Waals surface area contributed by atoms with Crippen molar-refractivity contribution in [1.82, 2.24) is 5.43 Å². The van der Waals surface area contributed by atoms with E-state index >= 15 is 0 Å². The topological polar surface area (TPSA) is 51.2 Å². The maximum Gasteiger partial charge on any atom is 0.134 e. The van der Waals surface area contributed by atoms with Crippen LogP contribution in [0.5, 0.6) is 0 Å². The Labute approximate surface area is 94.6 Å². The minimum absolute atomic E-state index is 0.219. The Balaban J connectivity index is 1.95. The van der Waals surface area contributed by atoms with E-state index in [0.717, 1.165) is 17.9 Å². The molecule has 1 atom stereocenters. The van der Waals surface area contributed by atoms with E-state index in [9.17, 15) is 0 Å². The van der Waals surface area contributed by atoms with Crippen molar-refractivity contribution in [3.8, 4) is 0 Å². The van der Waals surface area contributed by atoms with E-state index in [1.807, 2.05) is 24.5 Å². The van der Waals surface area contributed by atoms with Gasteiger partial charge in [0.2, 0.25) is 0 Å². The van der Waals surface area contributed by atoms with E-state index in [1.165, 1.54) is 23.8 Å². The first kappa shape index (κ1) is 9.87. The maximum atomic E-state index is 5.64. The van der Waals surface area contributed by atoms with Crippen molar-refractivity contribution in [2.45, 2.75) is 25.3 Å². The van der Waals surface area contributed by atoms with E-state index in [4.69, 9.17) is 10.3 Å². The highest BCUT2D eigenvalue weighted by Gasteiger charge is 2.27. The SMILES string of the molecule is NNC(CC1CC1)c1coc2ccccc12. The van der Waals surface area contributed by atoms with Crippen LogP contribution in [0.3, 0.4) is 0 Å². The van der Waals surface area contributed by atoms with Crippen LogP contribution < -0.4 is 11.3 Å². The third kappa shape index (κ3) is 1.72. The lowest BCUT2D eigenvalue weighted by Crippen LogP contribution is -2.28. The van der Waals surface area contributed by atoms with Gasteiger partial charge in [-0.15, -0.1) is 0 Å². The van der Waals surface area contributed by atoms with E-state index in [-0.39, 0.29) is 6.04 Å². The molecule has 1 saturated carbocycles. The maximum absolute atomic E-state index is 5.64. The standard InChI is InChI=1S/C13H16N2O/c14-15-12(7-9-5-6-9)11-8-16-13-4-2-1-3-10(11)13/h1-4,8-9,12,15H,5-7,14H2. The molecule has 3 N–H and O–H groups in total. The number of hydrogen-bond donors (Lipinski definition) is 2. The normalized spacial score (nSPS) is 17.8. The molecular weight excluding hydrogens is 200 g/mol. The fourth-order valence-electron chi connectivity index (χ4n) is 2.24. The molecule has 1 unspecified atom stereocenters. The van der Waals surface area contributed by atoms with E-state index in [2.05, 4.69) is 11.5 Å². The van der Waals surface area contributed by atoms with Gasteiger partial charge in [0.25, 0.3) is 0 Å². The third-order valence-electron chi connectivity index (χ3n) is 3.35. The number of nitrogens with two attached hydrogens (primary N) is 1. The van der Waals surface area contributed by atoms with Gasteiger partial charge < -0.3 is 4.42 Å². The first-order valence-electron chi connectivity index (χ1n) is 5.80. The van der Waals surface area contributed by atoms with Gasteiger partial charge in [-0.2, -0.15) is 0 Å². The Morgan fingerprint density at radius 3 is 2.94 bits per heavy atom. The molecule has 0 aliphatic heterocycles. The van der Waals surface area contributed by atoms with Gasteiger partial charge in [0.05, 0.1) is 12.3 Å². The van der Waals surface area contributed by atoms with Gasteiger partial charge >= 0.3 is 0 Å². The summed E-state index contributed by atoms with van der Waals surface area (Å²) in [7, 11) is 0. The fraction of sp³-hybridized carbons (Fsp3) is 0.385. The summed E-state index contributed by atoms with van der Waals surface area (Å²) >= 11 is 0. The number of furan rings is 1. The average molecular weight is 216 g/mol. The molecule has 84 valence electrons. The van der Waals surface area contributed by atoms with Crippen LogP contribution in [0.15, 0.2) is 34.9 Å². The zero-order valence-corrected chi connectivity index (χ0v) is 9.15. The number of hydrazine groups is 1.